The van der Waals surface area contributed by atoms with Gasteiger partial charge in [0, 0.05) is 26.8 Å². The van der Waals surface area contributed by atoms with E-state index in [1.807, 2.05) is 45.0 Å². The van der Waals surface area contributed by atoms with Crippen LogP contribution in [0.4, 0.5) is 0 Å². The summed E-state index contributed by atoms with van der Waals surface area (Å²) in [7, 11) is 1.73. The Morgan fingerprint density at radius 3 is 2.46 bits per heavy atom. The van der Waals surface area contributed by atoms with Crippen LogP contribution in [0.3, 0.4) is 0 Å². The first-order valence-corrected chi connectivity index (χ1v) is 9.52. The standard InChI is InChI=1S/C20H35N3O3/c1-5-21-20(22-13-7-6-8-14-25-4)23-15-19(24)17-9-11-18(12-10-17)26-16(2)3/h9-12,16,19,24H,5-8,13-15H2,1-4H3,(H2,21,22,23). The van der Waals surface area contributed by atoms with E-state index in [4.69, 9.17) is 9.47 Å². The highest BCUT2D eigenvalue weighted by Crippen LogP contribution is 2.19. The SMILES string of the molecule is CCNC(=NCC(O)c1ccc(OC(C)C)cc1)NCCCCCOC. The molecule has 1 rings (SSSR count). The lowest BCUT2D eigenvalue weighted by atomic mass is 10.1. The summed E-state index contributed by atoms with van der Waals surface area (Å²) in [5.74, 6) is 1.54. The van der Waals surface area contributed by atoms with Gasteiger partial charge in [0.15, 0.2) is 5.96 Å². The van der Waals surface area contributed by atoms with Crippen LogP contribution in [0, 0.1) is 0 Å². The molecule has 0 heterocycles. The van der Waals surface area contributed by atoms with Gasteiger partial charge in [-0.15, -0.1) is 0 Å². The third-order valence-electron chi connectivity index (χ3n) is 3.72. The first-order chi connectivity index (χ1) is 12.6. The molecule has 1 aromatic carbocycles. The third-order valence-corrected chi connectivity index (χ3v) is 3.72. The van der Waals surface area contributed by atoms with Gasteiger partial charge in [0.2, 0.25) is 0 Å². The second-order valence-corrected chi connectivity index (χ2v) is 6.45. The quantitative estimate of drug-likeness (QED) is 0.302. The van der Waals surface area contributed by atoms with E-state index in [-0.39, 0.29) is 6.10 Å². The molecule has 0 aliphatic heterocycles. The molecule has 1 aromatic rings. The van der Waals surface area contributed by atoms with E-state index in [2.05, 4.69) is 15.6 Å². The molecule has 0 bridgehead atoms. The Morgan fingerprint density at radius 1 is 1.12 bits per heavy atom. The fourth-order valence-electron chi connectivity index (χ4n) is 2.42. The molecule has 0 aliphatic rings. The van der Waals surface area contributed by atoms with Crippen LogP contribution < -0.4 is 15.4 Å². The largest absolute Gasteiger partial charge is 0.491 e. The van der Waals surface area contributed by atoms with Crippen molar-refractivity contribution in [3.8, 4) is 5.75 Å². The van der Waals surface area contributed by atoms with Crippen LogP contribution >= 0.6 is 0 Å². The number of hydrogen-bond donors (Lipinski definition) is 3. The number of nitrogens with zero attached hydrogens (tertiary/aromatic N) is 1. The Bertz CT molecular complexity index is 504. The van der Waals surface area contributed by atoms with E-state index in [1.54, 1.807) is 7.11 Å². The Kier molecular flexibility index (Phi) is 11.5. The number of guanidine groups is 1. The van der Waals surface area contributed by atoms with Crippen molar-refractivity contribution in [2.24, 2.45) is 4.99 Å². The van der Waals surface area contributed by atoms with Gasteiger partial charge in [0.05, 0.1) is 18.8 Å². The van der Waals surface area contributed by atoms with E-state index >= 15 is 0 Å². The molecule has 0 fully saturated rings. The van der Waals surface area contributed by atoms with Gasteiger partial charge in [-0.1, -0.05) is 12.1 Å². The summed E-state index contributed by atoms with van der Waals surface area (Å²) >= 11 is 0. The van der Waals surface area contributed by atoms with Crippen molar-refractivity contribution in [2.45, 2.75) is 52.2 Å². The number of aliphatic imine (C=N–C) groups is 1. The Hall–Kier alpha value is -1.79. The van der Waals surface area contributed by atoms with Crippen molar-refractivity contribution in [2.75, 3.05) is 33.4 Å². The van der Waals surface area contributed by atoms with Crippen molar-refractivity contribution in [3.05, 3.63) is 29.8 Å². The van der Waals surface area contributed by atoms with E-state index in [0.29, 0.717) is 6.54 Å². The fourth-order valence-corrected chi connectivity index (χ4v) is 2.42. The normalized spacial score (nSPS) is 12.9. The number of ether oxygens (including phenoxy) is 2. The predicted molar refractivity (Wildman–Crippen MR) is 107 cm³/mol. The average Bonchev–Trinajstić information content (AvgIpc) is 2.62. The smallest absolute Gasteiger partial charge is 0.191 e. The number of methoxy groups -OCH3 is 1. The minimum absolute atomic E-state index is 0.138. The topological polar surface area (TPSA) is 75.1 Å². The molecule has 1 atom stereocenters. The van der Waals surface area contributed by atoms with Gasteiger partial charge >= 0.3 is 0 Å². The maximum absolute atomic E-state index is 10.4. The summed E-state index contributed by atoms with van der Waals surface area (Å²) in [6, 6.07) is 7.53. The Morgan fingerprint density at radius 2 is 1.85 bits per heavy atom. The zero-order valence-electron chi connectivity index (χ0n) is 16.6. The lowest BCUT2D eigenvalue weighted by molar-refractivity contribution is 0.186. The summed E-state index contributed by atoms with van der Waals surface area (Å²) in [6.45, 7) is 8.76. The van der Waals surface area contributed by atoms with E-state index < -0.39 is 6.10 Å². The molecule has 0 saturated heterocycles. The molecule has 0 amide bonds. The maximum atomic E-state index is 10.4. The zero-order valence-corrected chi connectivity index (χ0v) is 16.6. The number of hydrogen-bond acceptors (Lipinski definition) is 4. The lowest BCUT2D eigenvalue weighted by Gasteiger charge is -2.14. The fraction of sp³-hybridized carbons (Fsp3) is 0.650. The molecule has 0 saturated carbocycles. The summed E-state index contributed by atoms with van der Waals surface area (Å²) in [5.41, 5.74) is 0.834. The molecular weight excluding hydrogens is 330 g/mol. The number of rotatable bonds is 12. The third kappa shape index (κ3) is 9.63. The summed E-state index contributed by atoms with van der Waals surface area (Å²) in [5, 5.41) is 16.9. The molecule has 0 spiro atoms. The molecular formula is C20H35N3O3. The molecule has 6 nitrogen and oxygen atoms in total. The van der Waals surface area contributed by atoms with Gasteiger partial charge in [0.25, 0.3) is 0 Å². The van der Waals surface area contributed by atoms with Gasteiger partial charge < -0.3 is 25.2 Å². The van der Waals surface area contributed by atoms with E-state index in [9.17, 15) is 5.11 Å². The number of nitrogens with one attached hydrogen (secondary N) is 2. The number of aliphatic hydroxyl groups excluding tert-OH is 1. The molecule has 0 radical (unpaired) electrons. The second-order valence-electron chi connectivity index (χ2n) is 6.45. The average molecular weight is 366 g/mol. The molecule has 148 valence electrons. The lowest BCUT2D eigenvalue weighted by Crippen LogP contribution is -2.38. The van der Waals surface area contributed by atoms with Gasteiger partial charge in [-0.3, -0.25) is 4.99 Å². The van der Waals surface area contributed by atoms with Crippen LogP contribution in [-0.2, 0) is 4.74 Å². The monoisotopic (exact) mass is 365 g/mol. The molecule has 1 unspecified atom stereocenters. The van der Waals surface area contributed by atoms with Gasteiger partial charge in [-0.05, 0) is 57.7 Å². The van der Waals surface area contributed by atoms with Crippen molar-refractivity contribution in [3.63, 3.8) is 0 Å². The van der Waals surface area contributed by atoms with Crippen LogP contribution in [0.2, 0.25) is 0 Å². The van der Waals surface area contributed by atoms with Gasteiger partial charge in [-0.2, -0.15) is 0 Å². The maximum Gasteiger partial charge on any atom is 0.191 e. The molecule has 0 aromatic heterocycles. The molecule has 26 heavy (non-hydrogen) atoms. The van der Waals surface area contributed by atoms with E-state index in [1.165, 1.54) is 0 Å². The highest BCUT2D eigenvalue weighted by atomic mass is 16.5. The van der Waals surface area contributed by atoms with Crippen LogP contribution in [0.15, 0.2) is 29.3 Å². The highest BCUT2D eigenvalue weighted by Gasteiger charge is 2.08. The first kappa shape index (κ1) is 22.3. The van der Waals surface area contributed by atoms with Crippen LogP contribution in [0.25, 0.3) is 0 Å². The van der Waals surface area contributed by atoms with Gasteiger partial charge in [-0.25, -0.2) is 0 Å². The number of aliphatic hydroxyl groups is 1. The highest BCUT2D eigenvalue weighted by molar-refractivity contribution is 5.79. The number of benzene rings is 1. The molecule has 3 N–H and O–H groups in total. The van der Waals surface area contributed by atoms with E-state index in [0.717, 1.165) is 56.2 Å². The van der Waals surface area contributed by atoms with Crippen molar-refractivity contribution < 1.29 is 14.6 Å². The Labute approximate surface area is 158 Å². The predicted octanol–water partition coefficient (Wildman–Crippen LogP) is 2.88. The first-order valence-electron chi connectivity index (χ1n) is 9.52. The van der Waals surface area contributed by atoms with Crippen molar-refractivity contribution in [1.29, 1.82) is 0 Å². The van der Waals surface area contributed by atoms with Gasteiger partial charge in [0.1, 0.15) is 5.75 Å². The Balaban J connectivity index is 2.46. The van der Waals surface area contributed by atoms with Crippen molar-refractivity contribution >= 4 is 5.96 Å². The van der Waals surface area contributed by atoms with Crippen LogP contribution in [0.5, 0.6) is 5.75 Å². The number of unbranched alkanes of at least 4 members (excludes halogenated alkanes) is 2. The summed E-state index contributed by atoms with van der Waals surface area (Å²) < 4.78 is 10.7. The minimum atomic E-state index is -0.639. The minimum Gasteiger partial charge on any atom is -0.491 e. The zero-order chi connectivity index (χ0) is 19.2. The molecule has 0 aliphatic carbocycles. The van der Waals surface area contributed by atoms with Crippen molar-refractivity contribution in [1.82, 2.24) is 10.6 Å². The summed E-state index contributed by atoms with van der Waals surface area (Å²) in [4.78, 5) is 4.48. The van der Waals surface area contributed by atoms with Crippen LogP contribution in [-0.4, -0.2) is 50.5 Å². The molecule has 6 heteroatoms. The van der Waals surface area contributed by atoms with Crippen LogP contribution in [0.1, 0.15) is 51.7 Å². The second kappa shape index (κ2) is 13.4. The summed E-state index contributed by atoms with van der Waals surface area (Å²) in [6.07, 6.45) is 2.75.